The lowest BCUT2D eigenvalue weighted by Gasteiger charge is -2.13. The third-order valence-corrected chi connectivity index (χ3v) is 6.06. The normalized spacial score (nSPS) is 15.0. The zero-order valence-electron chi connectivity index (χ0n) is 20.0. The maximum absolute atomic E-state index is 13.0. The van der Waals surface area contributed by atoms with Gasteiger partial charge in [0.1, 0.15) is 12.3 Å². The number of esters is 1. The summed E-state index contributed by atoms with van der Waals surface area (Å²) in [5.41, 5.74) is 9.90. The molecule has 2 aliphatic rings. The molecular formula is C28H28ClN3O4. The third kappa shape index (κ3) is 6.12. The van der Waals surface area contributed by atoms with E-state index in [0.717, 1.165) is 33.7 Å². The van der Waals surface area contributed by atoms with Crippen LogP contribution in [0.5, 0.6) is 5.75 Å². The summed E-state index contributed by atoms with van der Waals surface area (Å²) in [5.74, 6) is 0.411. The monoisotopic (exact) mass is 505 g/mol. The molecule has 8 heteroatoms. The van der Waals surface area contributed by atoms with Crippen LogP contribution in [0.25, 0.3) is 17.2 Å². The summed E-state index contributed by atoms with van der Waals surface area (Å²) in [5, 5.41) is 4.72. The van der Waals surface area contributed by atoms with Crippen molar-refractivity contribution in [1.82, 2.24) is 10.4 Å². The van der Waals surface area contributed by atoms with E-state index in [-0.39, 0.29) is 37.6 Å². The van der Waals surface area contributed by atoms with Crippen molar-refractivity contribution in [2.45, 2.75) is 19.9 Å². The maximum atomic E-state index is 13.0. The number of ether oxygens (including phenoxy) is 2. The Morgan fingerprint density at radius 1 is 0.972 bits per heavy atom. The number of anilines is 1. The van der Waals surface area contributed by atoms with Gasteiger partial charge in [0, 0.05) is 29.8 Å². The van der Waals surface area contributed by atoms with Crippen molar-refractivity contribution in [3.63, 3.8) is 0 Å². The molecule has 1 amide bonds. The molecule has 3 aromatic carbocycles. The lowest BCUT2D eigenvalue weighted by molar-refractivity contribution is -0.137. The Bertz CT molecular complexity index is 1270. The third-order valence-electron chi connectivity index (χ3n) is 6.06. The Kier molecular flexibility index (Phi) is 8.05. The minimum atomic E-state index is -0.234. The number of nitrogens with one attached hydrogen (secondary N) is 2. The van der Waals surface area contributed by atoms with E-state index in [2.05, 4.69) is 48.0 Å². The SMILES string of the molecule is Cc1ccc(-c2ccc3c(c2)C=C(C(=O)Nc2ccc(CNN4COC(=O)C4)cc2)CCO3)cc1.Cl. The Balaban J connectivity index is 0.00000304. The summed E-state index contributed by atoms with van der Waals surface area (Å²) in [7, 11) is 0. The molecule has 3 aromatic rings. The average Bonchev–Trinajstić information content (AvgIpc) is 3.16. The summed E-state index contributed by atoms with van der Waals surface area (Å²) in [6, 6.07) is 22.1. The van der Waals surface area contributed by atoms with Crippen molar-refractivity contribution in [1.29, 1.82) is 0 Å². The molecule has 0 atom stereocenters. The first-order valence-corrected chi connectivity index (χ1v) is 11.6. The largest absolute Gasteiger partial charge is 0.493 e. The number of hydrazine groups is 1. The molecule has 0 bridgehead atoms. The zero-order valence-corrected chi connectivity index (χ0v) is 20.8. The van der Waals surface area contributed by atoms with Gasteiger partial charge in [-0.05, 0) is 54.0 Å². The van der Waals surface area contributed by atoms with Gasteiger partial charge >= 0.3 is 5.97 Å². The standard InChI is InChI=1S/C28H27N3O4.ClH/c1-19-2-6-21(7-3-19)22-8-11-26-24(14-22)15-23(12-13-34-26)28(33)30-25-9-4-20(5-10-25)16-29-31-17-27(32)35-18-31;/h2-11,14-15,29H,12-13,16-18H2,1H3,(H,30,33);1H. The van der Waals surface area contributed by atoms with Gasteiger partial charge in [0.2, 0.25) is 0 Å². The minimum absolute atomic E-state index is 0. The fraction of sp³-hybridized carbons (Fsp3) is 0.214. The maximum Gasteiger partial charge on any atom is 0.323 e. The first kappa shape index (κ1) is 25.4. The van der Waals surface area contributed by atoms with E-state index >= 15 is 0 Å². The number of carbonyl (C=O) groups excluding carboxylic acids is 2. The number of fused-ring (bicyclic) bond motifs is 1. The first-order valence-electron chi connectivity index (χ1n) is 11.6. The zero-order chi connectivity index (χ0) is 24.2. The predicted molar refractivity (Wildman–Crippen MR) is 142 cm³/mol. The van der Waals surface area contributed by atoms with Gasteiger partial charge in [0.15, 0.2) is 6.73 Å². The molecule has 2 heterocycles. The second-order valence-corrected chi connectivity index (χ2v) is 8.72. The molecule has 0 radical (unpaired) electrons. The fourth-order valence-corrected chi connectivity index (χ4v) is 4.05. The summed E-state index contributed by atoms with van der Waals surface area (Å²) >= 11 is 0. The lowest BCUT2D eigenvalue weighted by Crippen LogP contribution is -2.35. The predicted octanol–water partition coefficient (Wildman–Crippen LogP) is 4.71. The molecule has 186 valence electrons. The molecule has 2 aliphatic heterocycles. The number of aryl methyl sites for hydroxylation is 1. The molecular weight excluding hydrogens is 478 g/mol. The summed E-state index contributed by atoms with van der Waals surface area (Å²) in [6.07, 6.45) is 2.45. The number of halogens is 1. The number of amides is 1. The number of rotatable bonds is 6. The van der Waals surface area contributed by atoms with Gasteiger partial charge in [-0.15, -0.1) is 12.4 Å². The second kappa shape index (κ2) is 11.4. The Hall–Kier alpha value is -3.65. The molecule has 5 rings (SSSR count). The van der Waals surface area contributed by atoms with Crippen molar-refractivity contribution in [3.8, 4) is 16.9 Å². The Morgan fingerprint density at radius 3 is 2.44 bits per heavy atom. The summed E-state index contributed by atoms with van der Waals surface area (Å²) < 4.78 is 10.8. The number of carbonyl (C=O) groups is 2. The topological polar surface area (TPSA) is 79.9 Å². The molecule has 0 unspecified atom stereocenters. The minimum Gasteiger partial charge on any atom is -0.493 e. The second-order valence-electron chi connectivity index (χ2n) is 8.72. The molecule has 1 fully saturated rings. The van der Waals surface area contributed by atoms with Crippen LogP contribution in [0.4, 0.5) is 5.69 Å². The van der Waals surface area contributed by atoms with Crippen LogP contribution in [-0.2, 0) is 20.9 Å². The molecule has 36 heavy (non-hydrogen) atoms. The number of hydrogen-bond acceptors (Lipinski definition) is 6. The van der Waals surface area contributed by atoms with Crippen LogP contribution in [0.1, 0.15) is 23.1 Å². The lowest BCUT2D eigenvalue weighted by atomic mass is 10.00. The van der Waals surface area contributed by atoms with E-state index in [4.69, 9.17) is 9.47 Å². The highest BCUT2D eigenvalue weighted by Gasteiger charge is 2.20. The summed E-state index contributed by atoms with van der Waals surface area (Å²) in [6.45, 7) is 3.57. The van der Waals surface area contributed by atoms with Crippen LogP contribution in [0.2, 0.25) is 0 Å². The van der Waals surface area contributed by atoms with Gasteiger partial charge in [-0.1, -0.05) is 48.0 Å². The van der Waals surface area contributed by atoms with Crippen LogP contribution in [-0.4, -0.2) is 36.8 Å². The molecule has 1 saturated heterocycles. The van der Waals surface area contributed by atoms with Crippen molar-refractivity contribution in [2.75, 3.05) is 25.2 Å². The number of benzene rings is 3. The number of cyclic esters (lactones) is 1. The van der Waals surface area contributed by atoms with E-state index in [0.29, 0.717) is 25.1 Å². The van der Waals surface area contributed by atoms with Gasteiger partial charge in [-0.25, -0.2) is 5.43 Å². The molecule has 0 saturated carbocycles. The van der Waals surface area contributed by atoms with E-state index in [1.165, 1.54) is 5.56 Å². The first-order chi connectivity index (χ1) is 17.0. The van der Waals surface area contributed by atoms with Crippen LogP contribution >= 0.6 is 12.4 Å². The van der Waals surface area contributed by atoms with Gasteiger partial charge in [0.25, 0.3) is 5.91 Å². The molecule has 0 aromatic heterocycles. The molecule has 2 N–H and O–H groups in total. The van der Waals surface area contributed by atoms with Crippen molar-refractivity contribution in [2.24, 2.45) is 0 Å². The average molecular weight is 506 g/mol. The Labute approximate surface area is 216 Å². The highest BCUT2D eigenvalue weighted by atomic mass is 35.5. The summed E-state index contributed by atoms with van der Waals surface area (Å²) in [4.78, 5) is 24.2. The molecule has 0 aliphatic carbocycles. The molecule has 7 nitrogen and oxygen atoms in total. The van der Waals surface area contributed by atoms with Gasteiger partial charge in [-0.3, -0.25) is 9.59 Å². The van der Waals surface area contributed by atoms with E-state index in [1.807, 2.05) is 42.5 Å². The van der Waals surface area contributed by atoms with E-state index in [9.17, 15) is 9.59 Å². The quantitative estimate of drug-likeness (QED) is 0.472. The fourth-order valence-electron chi connectivity index (χ4n) is 4.05. The van der Waals surface area contributed by atoms with Crippen molar-refractivity contribution >= 4 is 36.0 Å². The van der Waals surface area contributed by atoms with Crippen LogP contribution in [0.3, 0.4) is 0 Å². The van der Waals surface area contributed by atoms with Gasteiger partial charge in [-0.2, -0.15) is 5.01 Å². The highest BCUT2D eigenvalue weighted by molar-refractivity contribution is 6.07. The number of hydrogen-bond donors (Lipinski definition) is 2. The number of nitrogens with zero attached hydrogens (tertiary/aromatic N) is 1. The van der Waals surface area contributed by atoms with E-state index in [1.54, 1.807) is 5.01 Å². The van der Waals surface area contributed by atoms with Crippen LogP contribution in [0, 0.1) is 6.92 Å². The van der Waals surface area contributed by atoms with Crippen LogP contribution < -0.4 is 15.5 Å². The highest BCUT2D eigenvalue weighted by Crippen LogP contribution is 2.31. The smallest absolute Gasteiger partial charge is 0.323 e. The van der Waals surface area contributed by atoms with Crippen molar-refractivity contribution in [3.05, 3.63) is 89.0 Å². The Morgan fingerprint density at radius 2 is 1.72 bits per heavy atom. The van der Waals surface area contributed by atoms with Crippen molar-refractivity contribution < 1.29 is 19.1 Å². The van der Waals surface area contributed by atoms with Gasteiger partial charge in [0.05, 0.1) is 6.61 Å². The van der Waals surface area contributed by atoms with E-state index < -0.39 is 0 Å². The molecule has 0 spiro atoms. The van der Waals surface area contributed by atoms with Crippen LogP contribution in [0.15, 0.2) is 72.3 Å². The van der Waals surface area contributed by atoms with Gasteiger partial charge < -0.3 is 14.8 Å².